The lowest BCUT2D eigenvalue weighted by Gasteiger charge is -2.27. The van der Waals surface area contributed by atoms with Crippen LogP contribution in [0, 0.1) is 0 Å². The Labute approximate surface area is 226 Å². The number of hydrogen-bond acceptors (Lipinski definition) is 8. The van der Waals surface area contributed by atoms with Crippen LogP contribution in [0.4, 0.5) is 0 Å². The average molecular weight is 529 g/mol. The van der Waals surface area contributed by atoms with E-state index in [0.29, 0.717) is 57.8 Å². The van der Waals surface area contributed by atoms with Crippen LogP contribution < -0.4 is 28.4 Å². The van der Waals surface area contributed by atoms with Gasteiger partial charge in [0.05, 0.1) is 33.3 Å². The SMILES string of the molecule is C=C(C)COc1ccccc1[C@H]1CC(=O)Oc2ccc3c(c21)O/C(=C\c1cc(OC)c(OC)cc1OC)C3=O. The van der Waals surface area contributed by atoms with E-state index in [1.807, 2.05) is 31.2 Å². The maximum atomic E-state index is 13.5. The molecule has 0 fully saturated rings. The fourth-order valence-electron chi connectivity index (χ4n) is 4.78. The van der Waals surface area contributed by atoms with Gasteiger partial charge in [-0.3, -0.25) is 9.59 Å². The molecule has 3 aromatic rings. The van der Waals surface area contributed by atoms with E-state index in [0.717, 1.165) is 11.1 Å². The number of methoxy groups -OCH3 is 3. The lowest BCUT2D eigenvalue weighted by molar-refractivity contribution is -0.135. The predicted octanol–water partition coefficient (Wildman–Crippen LogP) is 5.72. The van der Waals surface area contributed by atoms with Crippen molar-refractivity contribution in [3.05, 3.63) is 88.7 Å². The van der Waals surface area contributed by atoms with Crippen LogP contribution in [0.3, 0.4) is 0 Å². The highest BCUT2D eigenvalue weighted by atomic mass is 16.5. The molecule has 0 saturated heterocycles. The Morgan fingerprint density at radius 2 is 1.67 bits per heavy atom. The van der Waals surface area contributed by atoms with Crippen LogP contribution in [0.15, 0.2) is 66.4 Å². The van der Waals surface area contributed by atoms with E-state index in [1.165, 1.54) is 21.3 Å². The second-order valence-corrected chi connectivity index (χ2v) is 9.26. The van der Waals surface area contributed by atoms with Gasteiger partial charge in [0.25, 0.3) is 0 Å². The molecule has 0 radical (unpaired) electrons. The summed E-state index contributed by atoms with van der Waals surface area (Å²) >= 11 is 0. The van der Waals surface area contributed by atoms with Gasteiger partial charge in [0.2, 0.25) is 5.78 Å². The van der Waals surface area contributed by atoms with Gasteiger partial charge in [-0.15, -0.1) is 0 Å². The normalized spacial score (nSPS) is 16.6. The lowest BCUT2D eigenvalue weighted by atomic mass is 9.84. The van der Waals surface area contributed by atoms with Crippen molar-refractivity contribution in [3.8, 4) is 34.5 Å². The number of fused-ring (bicyclic) bond motifs is 3. The number of rotatable bonds is 8. The summed E-state index contributed by atoms with van der Waals surface area (Å²) < 4.78 is 34.1. The first-order valence-electron chi connectivity index (χ1n) is 12.3. The Morgan fingerprint density at radius 3 is 2.38 bits per heavy atom. The molecule has 0 spiro atoms. The highest BCUT2D eigenvalue weighted by Crippen LogP contribution is 2.50. The molecule has 2 heterocycles. The molecule has 8 nitrogen and oxygen atoms in total. The summed E-state index contributed by atoms with van der Waals surface area (Å²) in [6, 6.07) is 14.1. The number of esters is 1. The largest absolute Gasteiger partial charge is 0.496 e. The van der Waals surface area contributed by atoms with Crippen molar-refractivity contribution < 1.29 is 38.0 Å². The Morgan fingerprint density at radius 1 is 0.949 bits per heavy atom. The minimum Gasteiger partial charge on any atom is -0.496 e. The molecule has 0 unspecified atom stereocenters. The quantitative estimate of drug-likeness (QED) is 0.159. The Kier molecular flexibility index (Phi) is 7.02. The zero-order valence-electron chi connectivity index (χ0n) is 22.2. The molecule has 1 atom stereocenters. The van der Waals surface area contributed by atoms with Gasteiger partial charge in [0, 0.05) is 28.7 Å². The highest BCUT2D eigenvalue weighted by Gasteiger charge is 2.39. The number of carbonyl (C=O) groups excluding carboxylic acids is 2. The monoisotopic (exact) mass is 528 g/mol. The number of hydrogen-bond donors (Lipinski definition) is 0. The topological polar surface area (TPSA) is 89.5 Å². The van der Waals surface area contributed by atoms with Crippen LogP contribution in [0.2, 0.25) is 0 Å². The molecule has 0 saturated carbocycles. The summed E-state index contributed by atoms with van der Waals surface area (Å²) in [7, 11) is 4.59. The molecular weight excluding hydrogens is 500 g/mol. The van der Waals surface area contributed by atoms with Crippen LogP contribution in [-0.2, 0) is 4.79 Å². The molecule has 0 aromatic heterocycles. The average Bonchev–Trinajstić information content (AvgIpc) is 3.25. The van der Waals surface area contributed by atoms with Crippen molar-refractivity contribution in [1.29, 1.82) is 0 Å². The molecule has 0 aliphatic carbocycles. The van der Waals surface area contributed by atoms with Gasteiger partial charge in [0.15, 0.2) is 17.3 Å². The van der Waals surface area contributed by atoms with E-state index in [4.69, 9.17) is 28.4 Å². The van der Waals surface area contributed by atoms with Gasteiger partial charge >= 0.3 is 5.97 Å². The van der Waals surface area contributed by atoms with Crippen molar-refractivity contribution in [2.45, 2.75) is 19.3 Å². The standard InChI is InChI=1S/C31H28O8/c1-17(2)16-37-22-9-7-6-8-19(22)21-14-28(32)38-23-11-10-20-30(33)27(39-31(20)29(21)23)13-18-12-25(35-4)26(36-5)15-24(18)34-3/h6-13,15,21H,1,14,16H2,2-5H3/b27-13-/t21-/m1/s1. The van der Waals surface area contributed by atoms with E-state index in [1.54, 1.807) is 30.3 Å². The maximum Gasteiger partial charge on any atom is 0.312 e. The van der Waals surface area contributed by atoms with Gasteiger partial charge in [-0.25, -0.2) is 0 Å². The molecule has 5 rings (SSSR count). The second kappa shape index (κ2) is 10.6. The van der Waals surface area contributed by atoms with Gasteiger partial charge in [0.1, 0.15) is 29.6 Å². The van der Waals surface area contributed by atoms with Crippen molar-refractivity contribution in [1.82, 2.24) is 0 Å². The molecule has 2 aliphatic heterocycles. The van der Waals surface area contributed by atoms with Crippen LogP contribution in [0.25, 0.3) is 6.08 Å². The zero-order valence-corrected chi connectivity index (χ0v) is 22.2. The Balaban J connectivity index is 1.60. The van der Waals surface area contributed by atoms with Crippen molar-refractivity contribution in [2.24, 2.45) is 0 Å². The summed E-state index contributed by atoms with van der Waals surface area (Å²) in [5, 5.41) is 0. The molecule has 39 heavy (non-hydrogen) atoms. The van der Waals surface area contributed by atoms with Crippen molar-refractivity contribution in [2.75, 3.05) is 27.9 Å². The van der Waals surface area contributed by atoms with Crippen molar-refractivity contribution >= 4 is 17.8 Å². The Bertz CT molecular complexity index is 1520. The maximum absolute atomic E-state index is 13.5. The first kappa shape index (κ1) is 25.9. The fraction of sp³-hybridized carbons (Fsp3) is 0.226. The van der Waals surface area contributed by atoms with E-state index < -0.39 is 5.92 Å². The molecule has 0 bridgehead atoms. The number of allylic oxidation sites excluding steroid dienone is 1. The molecule has 0 amide bonds. The summed E-state index contributed by atoms with van der Waals surface area (Å²) in [4.78, 5) is 26.1. The first-order chi connectivity index (χ1) is 18.8. The van der Waals surface area contributed by atoms with E-state index in [9.17, 15) is 9.59 Å². The molecule has 2 aliphatic rings. The van der Waals surface area contributed by atoms with Gasteiger partial charge in [-0.1, -0.05) is 24.8 Å². The second-order valence-electron chi connectivity index (χ2n) is 9.26. The third-order valence-corrected chi connectivity index (χ3v) is 6.57. The van der Waals surface area contributed by atoms with Crippen LogP contribution in [0.5, 0.6) is 34.5 Å². The minimum atomic E-state index is -0.444. The smallest absolute Gasteiger partial charge is 0.312 e. The fourth-order valence-corrected chi connectivity index (χ4v) is 4.78. The van der Waals surface area contributed by atoms with Gasteiger partial charge in [-0.05, 0) is 42.8 Å². The van der Waals surface area contributed by atoms with Crippen LogP contribution >= 0.6 is 0 Å². The van der Waals surface area contributed by atoms with Crippen LogP contribution in [-0.4, -0.2) is 39.7 Å². The lowest BCUT2D eigenvalue weighted by Crippen LogP contribution is -2.22. The first-order valence-corrected chi connectivity index (χ1v) is 12.3. The molecule has 0 N–H and O–H groups in total. The van der Waals surface area contributed by atoms with E-state index in [-0.39, 0.29) is 23.9 Å². The summed E-state index contributed by atoms with van der Waals surface area (Å²) in [5.41, 5.74) is 3.22. The summed E-state index contributed by atoms with van der Waals surface area (Å²) in [5.74, 6) is 1.76. The van der Waals surface area contributed by atoms with E-state index in [2.05, 4.69) is 6.58 Å². The minimum absolute atomic E-state index is 0.0665. The number of ketones is 1. The third-order valence-electron chi connectivity index (χ3n) is 6.57. The molecular formula is C31H28O8. The number of Topliss-reactive ketones (excluding diaryl/α,β-unsaturated/α-hetero) is 1. The summed E-state index contributed by atoms with van der Waals surface area (Å²) in [6.07, 6.45) is 1.67. The summed E-state index contributed by atoms with van der Waals surface area (Å²) in [6.45, 7) is 6.12. The Hall–Kier alpha value is -4.72. The number of benzene rings is 3. The molecule has 8 heteroatoms. The van der Waals surface area contributed by atoms with Gasteiger partial charge < -0.3 is 28.4 Å². The molecule has 200 valence electrons. The zero-order chi connectivity index (χ0) is 27.7. The van der Waals surface area contributed by atoms with Crippen molar-refractivity contribution in [3.63, 3.8) is 0 Å². The predicted molar refractivity (Wildman–Crippen MR) is 144 cm³/mol. The third kappa shape index (κ3) is 4.81. The number of ether oxygens (including phenoxy) is 6. The van der Waals surface area contributed by atoms with Crippen LogP contribution in [0.1, 0.15) is 46.3 Å². The molecule has 3 aromatic carbocycles. The highest BCUT2D eigenvalue weighted by molar-refractivity contribution is 6.15. The number of para-hydroxylation sites is 1. The van der Waals surface area contributed by atoms with E-state index >= 15 is 0 Å². The number of carbonyl (C=O) groups is 2. The van der Waals surface area contributed by atoms with Gasteiger partial charge in [-0.2, -0.15) is 0 Å².